The van der Waals surface area contributed by atoms with Crippen LogP contribution in [-0.2, 0) is 0 Å². The summed E-state index contributed by atoms with van der Waals surface area (Å²) in [6.45, 7) is 0. The van der Waals surface area contributed by atoms with Gasteiger partial charge in [-0.1, -0.05) is 60.7 Å². The molecule has 5 nitrogen and oxygen atoms in total. The van der Waals surface area contributed by atoms with E-state index in [1.54, 1.807) is 30.3 Å². The summed E-state index contributed by atoms with van der Waals surface area (Å²) in [7, 11) is 0. The number of H-pyrrole nitrogens is 1. The third kappa shape index (κ3) is 2.55. The van der Waals surface area contributed by atoms with Crippen molar-refractivity contribution >= 4 is 33.8 Å². The molecule has 0 amide bonds. The van der Waals surface area contributed by atoms with Gasteiger partial charge in [-0.3, -0.25) is 14.4 Å². The molecule has 0 saturated carbocycles. The Morgan fingerprint density at radius 3 is 2.00 bits per heavy atom. The van der Waals surface area contributed by atoms with Crippen LogP contribution in [0.1, 0.15) is 31.8 Å². The quantitative estimate of drug-likeness (QED) is 0.383. The molecule has 152 valence electrons. The smallest absolute Gasteiger partial charge is 0.212 e. The Bertz CT molecular complexity index is 1600. The highest BCUT2D eigenvalue weighted by molar-refractivity contribution is 6.32. The first-order valence-corrected chi connectivity index (χ1v) is 10.3. The number of benzene rings is 4. The van der Waals surface area contributed by atoms with E-state index in [0.717, 1.165) is 10.9 Å². The number of hydrogen-bond donors (Lipinski definition) is 2. The van der Waals surface area contributed by atoms with Crippen LogP contribution in [0.15, 0.2) is 89.7 Å². The molecule has 2 N–H and O–H groups in total. The van der Waals surface area contributed by atoms with Gasteiger partial charge in [-0.05, 0) is 29.7 Å². The number of anilines is 2. The molecule has 0 atom stereocenters. The van der Waals surface area contributed by atoms with E-state index in [4.69, 9.17) is 0 Å². The number of hydrogen-bond acceptors (Lipinski definition) is 4. The van der Waals surface area contributed by atoms with Crippen LogP contribution in [0, 0.1) is 0 Å². The lowest BCUT2D eigenvalue weighted by Gasteiger charge is -2.24. The summed E-state index contributed by atoms with van der Waals surface area (Å²) in [6, 6.07) is 25.2. The second-order valence-electron chi connectivity index (χ2n) is 7.79. The van der Waals surface area contributed by atoms with Crippen LogP contribution in [0.25, 0.3) is 22.2 Å². The summed E-state index contributed by atoms with van der Waals surface area (Å²) in [5.74, 6) is -0.614. The van der Waals surface area contributed by atoms with E-state index >= 15 is 0 Å². The van der Waals surface area contributed by atoms with Crippen LogP contribution in [0.2, 0.25) is 0 Å². The number of aromatic amines is 1. The molecule has 1 heterocycles. The first-order chi connectivity index (χ1) is 15.6. The summed E-state index contributed by atoms with van der Waals surface area (Å²) >= 11 is 0. The number of rotatable bonds is 2. The van der Waals surface area contributed by atoms with E-state index in [1.165, 1.54) is 0 Å². The van der Waals surface area contributed by atoms with Gasteiger partial charge in [0.05, 0.1) is 22.5 Å². The number of fused-ring (bicyclic) bond motifs is 5. The van der Waals surface area contributed by atoms with E-state index in [9.17, 15) is 14.4 Å². The Morgan fingerprint density at radius 1 is 0.625 bits per heavy atom. The molecule has 0 bridgehead atoms. The predicted molar refractivity (Wildman–Crippen MR) is 124 cm³/mol. The predicted octanol–water partition coefficient (Wildman–Crippen LogP) is 5.15. The van der Waals surface area contributed by atoms with Gasteiger partial charge < -0.3 is 10.3 Å². The zero-order valence-electron chi connectivity index (χ0n) is 16.8. The molecule has 6 rings (SSSR count). The lowest BCUT2D eigenvalue weighted by atomic mass is 9.79. The number of para-hydroxylation sites is 2. The average molecular weight is 416 g/mol. The molecule has 5 heteroatoms. The molecule has 2 aliphatic carbocycles. The molecule has 3 aromatic rings. The zero-order chi connectivity index (χ0) is 21.8. The van der Waals surface area contributed by atoms with Crippen LogP contribution >= 0.6 is 0 Å². The molecule has 1 aliphatic heterocycles. The summed E-state index contributed by atoms with van der Waals surface area (Å²) in [4.78, 5) is 44.1. The van der Waals surface area contributed by atoms with Crippen molar-refractivity contribution in [3.63, 3.8) is 0 Å². The second kappa shape index (κ2) is 6.75. The number of ketones is 2. The average Bonchev–Trinajstić information content (AvgIpc) is 2.84. The largest absolute Gasteiger partial charge is 0.354 e. The number of carbonyl (C=O) groups excluding carboxylic acids is 2. The van der Waals surface area contributed by atoms with Crippen LogP contribution in [0.4, 0.5) is 11.4 Å². The fourth-order valence-electron chi connectivity index (χ4n) is 4.43. The highest BCUT2D eigenvalue weighted by Crippen LogP contribution is 2.38. The minimum Gasteiger partial charge on any atom is -0.354 e. The molecule has 3 aromatic carbocycles. The van der Waals surface area contributed by atoms with Gasteiger partial charge in [0.2, 0.25) is 5.43 Å². The molecule has 0 saturated heterocycles. The maximum absolute atomic E-state index is 13.7. The second-order valence-corrected chi connectivity index (χ2v) is 7.79. The third-order valence-electron chi connectivity index (χ3n) is 5.92. The molecular weight excluding hydrogens is 400 g/mol. The molecular formula is C27H16N2O3. The van der Waals surface area contributed by atoms with Crippen LogP contribution < -0.4 is 10.7 Å². The first kappa shape index (κ1) is 18.3. The lowest BCUT2D eigenvalue weighted by Crippen LogP contribution is -2.28. The van der Waals surface area contributed by atoms with Crippen molar-refractivity contribution < 1.29 is 9.59 Å². The summed E-state index contributed by atoms with van der Waals surface area (Å²) in [6.07, 6.45) is 0. The van der Waals surface area contributed by atoms with Gasteiger partial charge in [0.25, 0.3) is 0 Å². The Kier molecular flexibility index (Phi) is 3.86. The van der Waals surface area contributed by atoms with Crippen molar-refractivity contribution in [1.82, 2.24) is 4.98 Å². The zero-order valence-corrected chi connectivity index (χ0v) is 16.8. The number of aromatic nitrogens is 1. The van der Waals surface area contributed by atoms with E-state index < -0.39 is 0 Å². The third-order valence-corrected chi connectivity index (χ3v) is 5.92. The molecule has 0 radical (unpaired) electrons. The van der Waals surface area contributed by atoms with E-state index in [-0.39, 0.29) is 33.8 Å². The maximum atomic E-state index is 13.7. The molecule has 0 unspecified atom stereocenters. The van der Waals surface area contributed by atoms with Crippen molar-refractivity contribution in [3.8, 4) is 11.3 Å². The van der Waals surface area contributed by atoms with Crippen molar-refractivity contribution in [2.24, 2.45) is 0 Å². The monoisotopic (exact) mass is 416 g/mol. The number of nitrogens with one attached hydrogen (secondary N) is 2. The van der Waals surface area contributed by atoms with Crippen LogP contribution in [0.3, 0.4) is 0 Å². The minimum absolute atomic E-state index is 0.113. The van der Waals surface area contributed by atoms with Crippen molar-refractivity contribution in [3.05, 3.63) is 117 Å². The first-order valence-electron chi connectivity index (χ1n) is 10.3. The van der Waals surface area contributed by atoms with Crippen LogP contribution in [0.5, 0.6) is 0 Å². The Hall–Kier alpha value is -4.51. The highest BCUT2D eigenvalue weighted by Gasteiger charge is 2.37. The minimum atomic E-state index is -0.339. The molecule has 32 heavy (non-hydrogen) atoms. The van der Waals surface area contributed by atoms with Gasteiger partial charge in [0.15, 0.2) is 11.6 Å². The Balaban J connectivity index is 1.76. The molecule has 0 fully saturated rings. The highest BCUT2D eigenvalue weighted by atomic mass is 16.1. The standard InChI is InChI=1S/C27H16N2O3/c30-25-17-11-5-6-12-18(17)26(31)22-21(25)23-19(14-15-8-4-7-13-20(15)29-23)27(32)24(22)28-16-9-2-1-3-10-16/h1-14,28-29H. The van der Waals surface area contributed by atoms with E-state index in [0.29, 0.717) is 28.1 Å². The summed E-state index contributed by atoms with van der Waals surface area (Å²) in [5, 5.41) is 3.97. The van der Waals surface area contributed by atoms with Crippen molar-refractivity contribution in [1.29, 1.82) is 0 Å². The van der Waals surface area contributed by atoms with E-state index in [2.05, 4.69) is 10.3 Å². The van der Waals surface area contributed by atoms with E-state index in [1.807, 2.05) is 54.6 Å². The lowest BCUT2D eigenvalue weighted by molar-refractivity contribution is 0.0980. The van der Waals surface area contributed by atoms with Gasteiger partial charge >= 0.3 is 0 Å². The number of pyridine rings is 1. The Labute approximate surface area is 182 Å². The fourth-order valence-corrected chi connectivity index (χ4v) is 4.43. The normalized spacial score (nSPS) is 12.6. The number of carbonyl (C=O) groups is 2. The van der Waals surface area contributed by atoms with Gasteiger partial charge in [0, 0.05) is 27.9 Å². The van der Waals surface area contributed by atoms with Crippen molar-refractivity contribution in [2.45, 2.75) is 0 Å². The van der Waals surface area contributed by atoms with Gasteiger partial charge in [0.1, 0.15) is 0 Å². The summed E-state index contributed by atoms with van der Waals surface area (Å²) < 4.78 is 0. The SMILES string of the molecule is O=C1c2ccccc2C(=O)c2c1c1[nH]c3ccccc3cc-1c(=O)c2Nc1ccccc1. The van der Waals surface area contributed by atoms with Crippen molar-refractivity contribution in [2.75, 3.05) is 5.32 Å². The topological polar surface area (TPSA) is 79.0 Å². The van der Waals surface area contributed by atoms with Gasteiger partial charge in [-0.2, -0.15) is 0 Å². The Morgan fingerprint density at radius 2 is 1.25 bits per heavy atom. The fraction of sp³-hybridized carbons (Fsp3) is 0. The van der Waals surface area contributed by atoms with Gasteiger partial charge in [-0.25, -0.2) is 0 Å². The molecule has 3 aliphatic rings. The maximum Gasteiger partial charge on any atom is 0.212 e. The summed E-state index contributed by atoms with van der Waals surface area (Å²) in [5.41, 5.74) is 2.98. The van der Waals surface area contributed by atoms with Crippen LogP contribution in [-0.4, -0.2) is 16.6 Å². The van der Waals surface area contributed by atoms with Gasteiger partial charge in [-0.15, -0.1) is 0 Å². The molecule has 0 aromatic heterocycles. The molecule has 0 spiro atoms.